The first-order valence-corrected chi connectivity index (χ1v) is 9.39. The van der Waals surface area contributed by atoms with Gasteiger partial charge in [-0.15, -0.1) is 0 Å². The Morgan fingerprint density at radius 3 is 2.47 bits per heavy atom. The van der Waals surface area contributed by atoms with E-state index in [1.165, 1.54) is 7.11 Å². The molecule has 0 radical (unpaired) electrons. The summed E-state index contributed by atoms with van der Waals surface area (Å²) < 4.78 is 4.71. The molecule has 1 amide bonds. The summed E-state index contributed by atoms with van der Waals surface area (Å²) in [6.45, 7) is 5.24. The molecule has 0 aliphatic carbocycles. The number of anilines is 1. The summed E-state index contributed by atoms with van der Waals surface area (Å²) in [5.74, 6) is -0.902. The average Bonchev–Trinajstić information content (AvgIpc) is 2.75. The van der Waals surface area contributed by atoms with E-state index < -0.39 is 5.97 Å². The molecule has 0 unspecified atom stereocenters. The van der Waals surface area contributed by atoms with Crippen LogP contribution in [0, 0.1) is 20.8 Å². The lowest BCUT2D eigenvalue weighted by atomic mass is 10.1. The third-order valence-corrected chi connectivity index (χ3v) is 4.75. The molecule has 0 atom stereocenters. The van der Waals surface area contributed by atoms with Gasteiger partial charge >= 0.3 is 5.97 Å². The normalized spacial score (nSPS) is 10.6. The molecule has 1 aromatic carbocycles. The molecular weight excluding hydrogens is 382 g/mol. The van der Waals surface area contributed by atoms with Crippen molar-refractivity contribution in [3.05, 3.63) is 76.2 Å². The fourth-order valence-corrected chi connectivity index (χ4v) is 3.15. The second-order valence-corrected chi connectivity index (χ2v) is 6.95. The van der Waals surface area contributed by atoms with Crippen LogP contribution in [0.4, 0.5) is 5.69 Å². The molecule has 2 heterocycles. The summed E-state index contributed by atoms with van der Waals surface area (Å²) >= 11 is 0. The van der Waals surface area contributed by atoms with Crippen molar-refractivity contribution in [3.63, 3.8) is 0 Å². The van der Waals surface area contributed by atoms with Gasteiger partial charge in [0, 0.05) is 5.56 Å². The number of aromatic nitrogens is 2. The van der Waals surface area contributed by atoms with Gasteiger partial charge in [0.1, 0.15) is 11.4 Å². The second kappa shape index (κ2) is 8.84. The highest BCUT2D eigenvalue weighted by Gasteiger charge is 2.18. The third kappa shape index (κ3) is 4.36. The number of esters is 1. The van der Waals surface area contributed by atoms with E-state index in [0.29, 0.717) is 22.6 Å². The number of aryl methyl sites for hydroxylation is 3. The Labute approximate surface area is 174 Å². The van der Waals surface area contributed by atoms with Crippen LogP contribution in [-0.4, -0.2) is 34.1 Å². The van der Waals surface area contributed by atoms with Crippen LogP contribution >= 0.6 is 0 Å². The third-order valence-electron chi connectivity index (χ3n) is 4.75. The van der Waals surface area contributed by atoms with E-state index in [9.17, 15) is 14.7 Å². The Morgan fingerprint density at radius 1 is 1.03 bits per heavy atom. The van der Waals surface area contributed by atoms with Crippen LogP contribution in [0.25, 0.3) is 11.3 Å². The van der Waals surface area contributed by atoms with Gasteiger partial charge in [0.05, 0.1) is 30.8 Å². The molecule has 3 aromatic rings. The maximum absolute atomic E-state index is 13.0. The standard InChI is InChI=1S/C23H23N3O4/c1-13-8-9-18(17-7-5-6-16(11-17)12-27)25-21(13)22(28)26-20-14(2)10-19(23(29)30-4)24-15(20)3/h5-11,27H,12H2,1-4H3,(H,26,28). The van der Waals surface area contributed by atoms with Crippen molar-refractivity contribution in [3.8, 4) is 11.3 Å². The smallest absolute Gasteiger partial charge is 0.356 e. The van der Waals surface area contributed by atoms with Gasteiger partial charge in [-0.05, 0) is 55.7 Å². The number of hydrogen-bond donors (Lipinski definition) is 2. The van der Waals surface area contributed by atoms with Crippen molar-refractivity contribution < 1.29 is 19.4 Å². The molecule has 3 rings (SSSR count). The van der Waals surface area contributed by atoms with Crippen LogP contribution in [-0.2, 0) is 11.3 Å². The van der Waals surface area contributed by atoms with Gasteiger partial charge in [-0.1, -0.05) is 24.3 Å². The van der Waals surface area contributed by atoms with E-state index in [1.54, 1.807) is 19.9 Å². The summed E-state index contributed by atoms with van der Waals surface area (Å²) in [6, 6.07) is 12.6. The lowest BCUT2D eigenvalue weighted by Gasteiger charge is -2.14. The van der Waals surface area contributed by atoms with Crippen molar-refractivity contribution in [2.24, 2.45) is 0 Å². The lowest BCUT2D eigenvalue weighted by molar-refractivity contribution is 0.0593. The SMILES string of the molecule is COC(=O)c1cc(C)c(NC(=O)c2nc(-c3cccc(CO)c3)ccc2C)c(C)n1. The van der Waals surface area contributed by atoms with Crippen LogP contribution in [0.1, 0.15) is 43.4 Å². The summed E-state index contributed by atoms with van der Waals surface area (Å²) in [5, 5.41) is 12.2. The van der Waals surface area contributed by atoms with E-state index in [1.807, 2.05) is 43.3 Å². The van der Waals surface area contributed by atoms with Gasteiger partial charge < -0.3 is 15.2 Å². The van der Waals surface area contributed by atoms with Crippen LogP contribution in [0.3, 0.4) is 0 Å². The zero-order chi connectivity index (χ0) is 21.8. The molecular formula is C23H23N3O4. The maximum Gasteiger partial charge on any atom is 0.356 e. The molecule has 7 nitrogen and oxygen atoms in total. The number of aliphatic hydroxyl groups is 1. The van der Waals surface area contributed by atoms with Crippen LogP contribution in [0.2, 0.25) is 0 Å². The van der Waals surface area contributed by atoms with Crippen LogP contribution in [0.15, 0.2) is 42.5 Å². The number of ether oxygens (including phenoxy) is 1. The largest absolute Gasteiger partial charge is 0.464 e. The van der Waals surface area contributed by atoms with Crippen molar-refractivity contribution in [1.82, 2.24) is 9.97 Å². The molecule has 2 aromatic heterocycles. The van der Waals surface area contributed by atoms with Gasteiger partial charge in [0.15, 0.2) is 0 Å². The molecule has 0 saturated carbocycles. The van der Waals surface area contributed by atoms with E-state index in [-0.39, 0.29) is 23.9 Å². The van der Waals surface area contributed by atoms with Gasteiger partial charge in [0.25, 0.3) is 5.91 Å². The van der Waals surface area contributed by atoms with Crippen molar-refractivity contribution in [2.45, 2.75) is 27.4 Å². The van der Waals surface area contributed by atoms with E-state index in [2.05, 4.69) is 15.3 Å². The topological polar surface area (TPSA) is 101 Å². The first kappa shape index (κ1) is 21.1. The minimum atomic E-state index is -0.533. The minimum Gasteiger partial charge on any atom is -0.464 e. The molecule has 154 valence electrons. The highest BCUT2D eigenvalue weighted by atomic mass is 16.5. The Morgan fingerprint density at radius 2 is 1.80 bits per heavy atom. The van der Waals surface area contributed by atoms with Crippen molar-refractivity contribution in [1.29, 1.82) is 0 Å². The summed E-state index contributed by atoms with van der Waals surface area (Å²) in [7, 11) is 1.29. The number of nitrogens with one attached hydrogen (secondary N) is 1. The van der Waals surface area contributed by atoms with Gasteiger partial charge in [-0.3, -0.25) is 4.79 Å². The molecule has 0 aliphatic rings. The molecule has 30 heavy (non-hydrogen) atoms. The summed E-state index contributed by atoms with van der Waals surface area (Å²) in [6.07, 6.45) is 0. The average molecular weight is 405 g/mol. The summed E-state index contributed by atoms with van der Waals surface area (Å²) in [5.41, 5.74) is 5.15. The number of carbonyl (C=O) groups excluding carboxylic acids is 2. The number of rotatable bonds is 5. The Kier molecular flexibility index (Phi) is 6.23. The lowest BCUT2D eigenvalue weighted by Crippen LogP contribution is -2.18. The molecule has 0 saturated heterocycles. The zero-order valence-corrected chi connectivity index (χ0v) is 17.3. The Hall–Kier alpha value is -3.58. The molecule has 0 bridgehead atoms. The number of carbonyl (C=O) groups is 2. The summed E-state index contributed by atoms with van der Waals surface area (Å²) in [4.78, 5) is 33.5. The fourth-order valence-electron chi connectivity index (χ4n) is 3.15. The number of nitrogens with zero attached hydrogens (tertiary/aromatic N) is 2. The molecule has 0 aliphatic heterocycles. The Bertz CT molecular complexity index is 1100. The molecule has 0 fully saturated rings. The zero-order valence-electron chi connectivity index (χ0n) is 17.3. The number of hydrogen-bond acceptors (Lipinski definition) is 6. The number of benzene rings is 1. The van der Waals surface area contributed by atoms with Gasteiger partial charge in [0.2, 0.25) is 0 Å². The number of methoxy groups -OCH3 is 1. The molecule has 7 heteroatoms. The predicted octanol–water partition coefficient (Wildman–Crippen LogP) is 3.60. The highest BCUT2D eigenvalue weighted by molar-refractivity contribution is 6.05. The second-order valence-electron chi connectivity index (χ2n) is 6.95. The quantitative estimate of drug-likeness (QED) is 0.629. The molecule has 0 spiro atoms. The van der Waals surface area contributed by atoms with Gasteiger partial charge in [-0.25, -0.2) is 14.8 Å². The number of aliphatic hydroxyl groups excluding tert-OH is 1. The van der Waals surface area contributed by atoms with Gasteiger partial charge in [-0.2, -0.15) is 0 Å². The highest BCUT2D eigenvalue weighted by Crippen LogP contribution is 2.23. The maximum atomic E-state index is 13.0. The first-order valence-electron chi connectivity index (χ1n) is 9.39. The van der Waals surface area contributed by atoms with E-state index in [4.69, 9.17) is 4.74 Å². The van der Waals surface area contributed by atoms with Crippen LogP contribution in [0.5, 0.6) is 0 Å². The van der Waals surface area contributed by atoms with Crippen LogP contribution < -0.4 is 5.32 Å². The first-order chi connectivity index (χ1) is 14.3. The van der Waals surface area contributed by atoms with E-state index >= 15 is 0 Å². The fraction of sp³-hybridized carbons (Fsp3) is 0.217. The molecule has 2 N–H and O–H groups in total. The van der Waals surface area contributed by atoms with Crippen molar-refractivity contribution in [2.75, 3.05) is 12.4 Å². The predicted molar refractivity (Wildman–Crippen MR) is 113 cm³/mol. The number of amides is 1. The van der Waals surface area contributed by atoms with Crippen molar-refractivity contribution >= 4 is 17.6 Å². The minimum absolute atomic E-state index is 0.0693. The monoisotopic (exact) mass is 405 g/mol. The van der Waals surface area contributed by atoms with E-state index in [0.717, 1.165) is 16.7 Å². The number of pyridine rings is 2. The Balaban J connectivity index is 1.93.